The van der Waals surface area contributed by atoms with Crippen molar-refractivity contribution in [2.24, 2.45) is 0 Å². The molecule has 1 heterocycles. The molecule has 1 aromatic rings. The Hall–Kier alpha value is -1.60. The van der Waals surface area contributed by atoms with Gasteiger partial charge in [0.25, 0.3) is 5.91 Å². The average Bonchev–Trinajstić information content (AvgIpc) is 3.38. The van der Waals surface area contributed by atoms with Gasteiger partial charge < -0.3 is 15.0 Å². The Bertz CT molecular complexity index is 675. The lowest BCUT2D eigenvalue weighted by atomic mass is 10.0. The fourth-order valence-electron chi connectivity index (χ4n) is 3.05. The maximum Gasteiger partial charge on any atom is 0.258 e. The first kappa shape index (κ1) is 17.2. The van der Waals surface area contributed by atoms with Gasteiger partial charge in [0.05, 0.1) is 4.90 Å². The maximum atomic E-state index is 12.0. The van der Waals surface area contributed by atoms with Crippen LogP contribution in [-0.4, -0.2) is 57.3 Å². The van der Waals surface area contributed by atoms with Crippen LogP contribution >= 0.6 is 0 Å². The molecule has 0 spiro atoms. The average molecular weight is 352 g/mol. The summed E-state index contributed by atoms with van der Waals surface area (Å²) in [5.74, 6) is 0.355. The van der Waals surface area contributed by atoms with E-state index in [4.69, 9.17) is 4.74 Å². The summed E-state index contributed by atoms with van der Waals surface area (Å²) in [7, 11) is -3.22. The molecule has 0 atom stereocenters. The van der Waals surface area contributed by atoms with Gasteiger partial charge >= 0.3 is 0 Å². The molecular weight excluding hydrogens is 328 g/mol. The number of carbonyl (C=O) groups is 1. The number of sulfone groups is 1. The quantitative estimate of drug-likeness (QED) is 0.833. The van der Waals surface area contributed by atoms with Gasteiger partial charge in [-0.3, -0.25) is 4.79 Å². The Labute approximate surface area is 143 Å². The highest BCUT2D eigenvalue weighted by Crippen LogP contribution is 2.29. The highest BCUT2D eigenvalue weighted by Gasteiger charge is 2.32. The number of carbonyl (C=O) groups excluding carboxylic acids is 1. The van der Waals surface area contributed by atoms with Crippen LogP contribution in [0.3, 0.4) is 0 Å². The van der Waals surface area contributed by atoms with Gasteiger partial charge in [-0.2, -0.15) is 0 Å². The molecule has 0 unspecified atom stereocenters. The highest BCUT2D eigenvalue weighted by molar-refractivity contribution is 7.90. The molecule has 0 bridgehead atoms. The molecule has 2 aliphatic rings. The number of hydrogen-bond acceptors (Lipinski definition) is 5. The Morgan fingerprint density at radius 3 is 2.33 bits per heavy atom. The van der Waals surface area contributed by atoms with Crippen LogP contribution in [0.25, 0.3) is 0 Å². The Kier molecular flexibility index (Phi) is 5.10. The SMILES string of the molecule is CS(=O)(=O)c1ccc(OCC(=O)NC2CCN(C3CC3)CC2)cc1. The molecule has 7 heteroatoms. The Morgan fingerprint density at radius 1 is 1.17 bits per heavy atom. The monoisotopic (exact) mass is 352 g/mol. The van der Waals surface area contributed by atoms with Gasteiger partial charge in [-0.15, -0.1) is 0 Å². The van der Waals surface area contributed by atoms with Crippen molar-refractivity contribution in [1.82, 2.24) is 10.2 Å². The molecule has 0 radical (unpaired) electrons. The van der Waals surface area contributed by atoms with Gasteiger partial charge in [-0.25, -0.2) is 8.42 Å². The largest absolute Gasteiger partial charge is 0.484 e. The molecule has 3 rings (SSSR count). The molecule has 6 nitrogen and oxygen atoms in total. The Morgan fingerprint density at radius 2 is 1.79 bits per heavy atom. The van der Waals surface area contributed by atoms with Crippen molar-refractivity contribution in [3.8, 4) is 5.75 Å². The molecule has 1 saturated carbocycles. The minimum absolute atomic E-state index is 0.0545. The molecule has 24 heavy (non-hydrogen) atoms. The minimum atomic E-state index is -3.22. The normalized spacial score (nSPS) is 19.9. The van der Waals surface area contributed by atoms with Crippen LogP contribution in [0.4, 0.5) is 0 Å². The van der Waals surface area contributed by atoms with Crippen molar-refractivity contribution in [3.05, 3.63) is 24.3 Å². The number of amides is 1. The van der Waals surface area contributed by atoms with Crippen LogP contribution in [0.2, 0.25) is 0 Å². The zero-order valence-electron chi connectivity index (χ0n) is 13.9. The smallest absolute Gasteiger partial charge is 0.258 e. The predicted molar refractivity (Wildman–Crippen MR) is 90.8 cm³/mol. The third kappa shape index (κ3) is 4.70. The molecule has 1 aliphatic heterocycles. The summed E-state index contributed by atoms with van der Waals surface area (Å²) in [5, 5.41) is 3.02. The summed E-state index contributed by atoms with van der Waals surface area (Å²) in [4.78, 5) is 14.7. The lowest BCUT2D eigenvalue weighted by Gasteiger charge is -2.32. The van der Waals surface area contributed by atoms with E-state index in [1.165, 1.54) is 25.0 Å². The first-order valence-electron chi connectivity index (χ1n) is 8.38. The van der Waals surface area contributed by atoms with Gasteiger partial charge in [0.15, 0.2) is 16.4 Å². The van der Waals surface area contributed by atoms with Crippen molar-refractivity contribution in [1.29, 1.82) is 0 Å². The van der Waals surface area contributed by atoms with E-state index in [2.05, 4.69) is 10.2 Å². The van der Waals surface area contributed by atoms with E-state index in [9.17, 15) is 13.2 Å². The van der Waals surface area contributed by atoms with Crippen LogP contribution in [-0.2, 0) is 14.6 Å². The van der Waals surface area contributed by atoms with Crippen molar-refractivity contribution in [2.45, 2.75) is 42.7 Å². The Balaban J connectivity index is 1.41. The molecule has 0 aromatic heterocycles. The summed E-state index contributed by atoms with van der Waals surface area (Å²) in [5.41, 5.74) is 0. The first-order valence-corrected chi connectivity index (χ1v) is 10.3. The topological polar surface area (TPSA) is 75.7 Å². The van der Waals surface area contributed by atoms with E-state index in [0.29, 0.717) is 5.75 Å². The number of rotatable bonds is 6. The van der Waals surface area contributed by atoms with Gasteiger partial charge in [-0.05, 0) is 49.9 Å². The summed E-state index contributed by atoms with van der Waals surface area (Å²) in [6.07, 6.45) is 5.79. The number of benzene rings is 1. The zero-order valence-corrected chi connectivity index (χ0v) is 14.7. The third-order valence-electron chi connectivity index (χ3n) is 4.58. The highest BCUT2D eigenvalue weighted by atomic mass is 32.2. The van der Waals surface area contributed by atoms with Crippen molar-refractivity contribution < 1.29 is 17.9 Å². The second-order valence-electron chi connectivity index (χ2n) is 6.64. The van der Waals surface area contributed by atoms with Crippen molar-refractivity contribution in [2.75, 3.05) is 26.0 Å². The molecule has 1 aromatic carbocycles. The number of hydrogen-bond donors (Lipinski definition) is 1. The summed E-state index contributed by atoms with van der Waals surface area (Å²) in [6.45, 7) is 2.06. The van der Waals surface area contributed by atoms with Crippen LogP contribution < -0.4 is 10.1 Å². The molecule has 2 fully saturated rings. The lowest BCUT2D eigenvalue weighted by Crippen LogP contribution is -2.46. The van der Waals surface area contributed by atoms with Crippen LogP contribution in [0.5, 0.6) is 5.75 Å². The van der Waals surface area contributed by atoms with E-state index >= 15 is 0 Å². The van der Waals surface area contributed by atoms with Crippen LogP contribution in [0.15, 0.2) is 29.2 Å². The number of ether oxygens (including phenoxy) is 1. The molecule has 1 amide bonds. The maximum absolute atomic E-state index is 12.0. The lowest BCUT2D eigenvalue weighted by molar-refractivity contribution is -0.124. The van der Waals surface area contributed by atoms with Gasteiger partial charge in [-0.1, -0.05) is 0 Å². The molecular formula is C17H24N2O4S. The minimum Gasteiger partial charge on any atom is -0.484 e. The predicted octanol–water partition coefficient (Wildman–Crippen LogP) is 1.21. The van der Waals surface area contributed by atoms with Crippen molar-refractivity contribution >= 4 is 15.7 Å². The molecule has 1 saturated heterocycles. The fourth-order valence-corrected chi connectivity index (χ4v) is 3.68. The van der Waals surface area contributed by atoms with Gasteiger partial charge in [0, 0.05) is 31.4 Å². The first-order chi connectivity index (χ1) is 11.4. The standard InChI is InChI=1S/C17H24N2O4S/c1-24(21,22)16-6-4-15(5-7-16)23-12-17(20)18-13-8-10-19(11-9-13)14-2-3-14/h4-7,13-14H,2-3,8-12H2,1H3,(H,18,20). The van der Waals surface area contributed by atoms with Crippen LogP contribution in [0.1, 0.15) is 25.7 Å². The van der Waals surface area contributed by atoms with Gasteiger partial charge in [0.1, 0.15) is 5.75 Å². The summed E-state index contributed by atoms with van der Waals surface area (Å²) in [6, 6.07) is 7.12. The van der Waals surface area contributed by atoms with E-state index in [-0.39, 0.29) is 23.5 Å². The zero-order chi connectivity index (χ0) is 17.2. The van der Waals surface area contributed by atoms with E-state index < -0.39 is 9.84 Å². The molecule has 1 N–H and O–H groups in total. The number of likely N-dealkylation sites (tertiary alicyclic amines) is 1. The van der Waals surface area contributed by atoms with E-state index in [0.717, 1.165) is 38.2 Å². The van der Waals surface area contributed by atoms with Crippen molar-refractivity contribution in [3.63, 3.8) is 0 Å². The number of piperidine rings is 1. The molecule has 132 valence electrons. The van der Waals surface area contributed by atoms with E-state index in [1.807, 2.05) is 0 Å². The summed E-state index contributed by atoms with van der Waals surface area (Å²) < 4.78 is 28.2. The van der Waals surface area contributed by atoms with Crippen LogP contribution in [0, 0.1) is 0 Å². The number of nitrogens with one attached hydrogen (secondary N) is 1. The fraction of sp³-hybridized carbons (Fsp3) is 0.588. The second kappa shape index (κ2) is 7.11. The van der Waals surface area contributed by atoms with E-state index in [1.54, 1.807) is 12.1 Å². The van der Waals surface area contributed by atoms with Gasteiger partial charge in [0.2, 0.25) is 0 Å². The number of nitrogens with zero attached hydrogens (tertiary/aromatic N) is 1. The second-order valence-corrected chi connectivity index (χ2v) is 8.66. The summed E-state index contributed by atoms with van der Waals surface area (Å²) >= 11 is 0. The molecule has 1 aliphatic carbocycles. The third-order valence-corrected chi connectivity index (χ3v) is 5.71.